The first kappa shape index (κ1) is 18.5. The molecule has 0 saturated carbocycles. The molecule has 1 aromatic carbocycles. The van der Waals surface area contributed by atoms with Crippen LogP contribution in [0.4, 0.5) is 4.79 Å². The Hall–Kier alpha value is -1.79. The van der Waals surface area contributed by atoms with E-state index in [1.807, 2.05) is 39.0 Å². The third-order valence-corrected chi connectivity index (χ3v) is 4.35. The van der Waals surface area contributed by atoms with Crippen molar-refractivity contribution in [1.82, 2.24) is 4.90 Å². The van der Waals surface area contributed by atoms with E-state index in [1.165, 1.54) is 4.90 Å². The summed E-state index contributed by atoms with van der Waals surface area (Å²) in [5.41, 5.74) is 2.16. The van der Waals surface area contributed by atoms with Crippen molar-refractivity contribution in [3.8, 4) is 5.75 Å². The molecule has 1 saturated heterocycles. The lowest BCUT2D eigenvalue weighted by atomic mass is 10.1. The summed E-state index contributed by atoms with van der Waals surface area (Å²) in [6.07, 6.45) is -0.761. The van der Waals surface area contributed by atoms with Crippen LogP contribution in [0.3, 0.4) is 0 Å². The van der Waals surface area contributed by atoms with Gasteiger partial charge in [-0.1, -0.05) is 18.2 Å². The number of rotatable bonds is 6. The van der Waals surface area contributed by atoms with Crippen molar-refractivity contribution in [1.29, 1.82) is 0 Å². The molecule has 1 aromatic rings. The summed E-state index contributed by atoms with van der Waals surface area (Å²) in [6, 6.07) is 6.02. The standard InChI is InChI=1S/C18H28N2O4/c1-4-23-18(22)20-10-8-19(9-11-20)12-16(21)13-24-17-14(2)6-5-7-15(17)3/h5-7,16,21H,4,8-13H2,1-3H3/p+1/t16-/m1/s1. The van der Waals surface area contributed by atoms with E-state index in [-0.39, 0.29) is 12.7 Å². The first-order valence-electron chi connectivity index (χ1n) is 8.63. The maximum Gasteiger partial charge on any atom is 0.410 e. The van der Waals surface area contributed by atoms with E-state index >= 15 is 0 Å². The third-order valence-electron chi connectivity index (χ3n) is 4.35. The molecule has 6 nitrogen and oxygen atoms in total. The number of aryl methyl sites for hydroxylation is 2. The van der Waals surface area contributed by atoms with Gasteiger partial charge in [-0.05, 0) is 31.9 Å². The predicted octanol–water partition coefficient (Wildman–Crippen LogP) is 0.400. The quantitative estimate of drug-likeness (QED) is 0.789. The second-order valence-corrected chi connectivity index (χ2v) is 6.33. The molecule has 0 spiro atoms. The molecule has 1 amide bonds. The highest BCUT2D eigenvalue weighted by Gasteiger charge is 2.26. The van der Waals surface area contributed by atoms with E-state index in [0.29, 0.717) is 26.2 Å². The maximum absolute atomic E-state index is 11.7. The van der Waals surface area contributed by atoms with Crippen LogP contribution in [0.1, 0.15) is 18.1 Å². The second-order valence-electron chi connectivity index (χ2n) is 6.33. The highest BCUT2D eigenvalue weighted by molar-refractivity contribution is 5.67. The minimum absolute atomic E-state index is 0.240. The lowest BCUT2D eigenvalue weighted by Crippen LogP contribution is -3.16. The lowest BCUT2D eigenvalue weighted by Gasteiger charge is -2.32. The Morgan fingerprint density at radius 3 is 2.50 bits per heavy atom. The first-order chi connectivity index (χ1) is 11.5. The summed E-state index contributed by atoms with van der Waals surface area (Å²) >= 11 is 0. The van der Waals surface area contributed by atoms with Crippen LogP contribution in [0.25, 0.3) is 0 Å². The average molecular weight is 337 g/mol. The van der Waals surface area contributed by atoms with Gasteiger partial charge in [0.25, 0.3) is 0 Å². The number of nitrogens with one attached hydrogen (secondary N) is 1. The number of carbonyl (C=O) groups excluding carboxylic acids is 1. The van der Waals surface area contributed by atoms with Crippen LogP contribution in [0.5, 0.6) is 5.75 Å². The molecule has 0 unspecified atom stereocenters. The van der Waals surface area contributed by atoms with Crippen LogP contribution in [0.15, 0.2) is 18.2 Å². The number of para-hydroxylation sites is 1. The zero-order valence-electron chi connectivity index (χ0n) is 14.9. The summed E-state index contributed by atoms with van der Waals surface area (Å²) in [6.45, 7) is 10.1. The monoisotopic (exact) mass is 337 g/mol. The number of carbonyl (C=O) groups is 1. The zero-order valence-corrected chi connectivity index (χ0v) is 14.9. The van der Waals surface area contributed by atoms with Crippen molar-refractivity contribution in [3.63, 3.8) is 0 Å². The second kappa shape index (κ2) is 8.89. The molecule has 134 valence electrons. The molecular weight excluding hydrogens is 308 g/mol. The van der Waals surface area contributed by atoms with Crippen LogP contribution in [-0.2, 0) is 4.74 Å². The van der Waals surface area contributed by atoms with E-state index in [9.17, 15) is 9.90 Å². The van der Waals surface area contributed by atoms with Gasteiger partial charge in [-0.25, -0.2) is 4.79 Å². The SMILES string of the molecule is CCOC(=O)N1CC[NH+](C[C@@H](O)COc2c(C)cccc2C)CC1. The van der Waals surface area contributed by atoms with Crippen molar-refractivity contribution in [2.75, 3.05) is 45.9 Å². The van der Waals surface area contributed by atoms with Crippen LogP contribution in [-0.4, -0.2) is 68.1 Å². The van der Waals surface area contributed by atoms with E-state index in [1.54, 1.807) is 4.90 Å². The molecule has 1 atom stereocenters. The van der Waals surface area contributed by atoms with Crippen molar-refractivity contribution in [3.05, 3.63) is 29.3 Å². The Labute approximate surface area is 144 Å². The average Bonchev–Trinajstić information content (AvgIpc) is 2.55. The Kier molecular flexibility index (Phi) is 6.87. The van der Waals surface area contributed by atoms with Gasteiger partial charge in [0, 0.05) is 0 Å². The van der Waals surface area contributed by atoms with Crippen LogP contribution in [0.2, 0.25) is 0 Å². The summed E-state index contributed by atoms with van der Waals surface area (Å²) in [5, 5.41) is 10.3. The van der Waals surface area contributed by atoms with Crippen molar-refractivity contribution in [2.45, 2.75) is 26.9 Å². The summed E-state index contributed by atoms with van der Waals surface area (Å²) in [4.78, 5) is 14.7. The number of hydrogen-bond acceptors (Lipinski definition) is 4. The van der Waals surface area contributed by atoms with Crippen molar-refractivity contribution < 1.29 is 24.3 Å². The Balaban J connectivity index is 1.74. The summed E-state index contributed by atoms with van der Waals surface area (Å²) in [5.74, 6) is 0.860. The van der Waals surface area contributed by atoms with Gasteiger partial charge >= 0.3 is 6.09 Å². The van der Waals surface area contributed by atoms with Gasteiger partial charge < -0.3 is 19.5 Å². The molecule has 1 aliphatic rings. The molecule has 0 aromatic heterocycles. The molecule has 2 rings (SSSR count). The fraction of sp³-hybridized carbons (Fsp3) is 0.611. The fourth-order valence-corrected chi connectivity index (χ4v) is 3.02. The number of nitrogens with zero attached hydrogens (tertiary/aromatic N) is 1. The number of benzene rings is 1. The van der Waals surface area contributed by atoms with Gasteiger partial charge in [0.15, 0.2) is 0 Å². The number of hydrogen-bond donors (Lipinski definition) is 2. The van der Waals surface area contributed by atoms with Gasteiger partial charge in [-0.2, -0.15) is 0 Å². The van der Waals surface area contributed by atoms with Crippen LogP contribution >= 0.6 is 0 Å². The number of aliphatic hydroxyl groups is 1. The van der Waals surface area contributed by atoms with Crippen LogP contribution < -0.4 is 9.64 Å². The molecule has 2 N–H and O–H groups in total. The summed E-state index contributed by atoms with van der Waals surface area (Å²) in [7, 11) is 0. The van der Waals surface area contributed by atoms with E-state index < -0.39 is 6.10 Å². The molecule has 1 aliphatic heterocycles. The third kappa shape index (κ3) is 5.11. The molecule has 24 heavy (non-hydrogen) atoms. The molecule has 1 heterocycles. The molecule has 6 heteroatoms. The predicted molar refractivity (Wildman–Crippen MR) is 91.6 cm³/mol. The highest BCUT2D eigenvalue weighted by Crippen LogP contribution is 2.22. The molecule has 0 radical (unpaired) electrons. The highest BCUT2D eigenvalue weighted by atomic mass is 16.6. The van der Waals surface area contributed by atoms with Crippen LogP contribution in [0, 0.1) is 13.8 Å². The van der Waals surface area contributed by atoms with Gasteiger partial charge in [0.05, 0.1) is 32.8 Å². The van der Waals surface area contributed by atoms with Gasteiger partial charge in [-0.15, -0.1) is 0 Å². The van der Waals surface area contributed by atoms with Crippen molar-refractivity contribution >= 4 is 6.09 Å². The number of piperazine rings is 1. The number of ether oxygens (including phenoxy) is 2. The molecule has 0 aliphatic carbocycles. The lowest BCUT2D eigenvalue weighted by molar-refractivity contribution is -0.907. The Morgan fingerprint density at radius 2 is 1.92 bits per heavy atom. The molecular formula is C18H29N2O4+. The fourth-order valence-electron chi connectivity index (χ4n) is 3.02. The van der Waals surface area contributed by atoms with Gasteiger partial charge in [0.2, 0.25) is 0 Å². The van der Waals surface area contributed by atoms with E-state index in [4.69, 9.17) is 9.47 Å². The minimum Gasteiger partial charge on any atom is -0.490 e. The van der Waals surface area contributed by atoms with Gasteiger partial charge in [0.1, 0.15) is 25.0 Å². The Bertz CT molecular complexity index is 522. The summed E-state index contributed by atoms with van der Waals surface area (Å²) < 4.78 is 10.8. The Morgan fingerprint density at radius 1 is 1.29 bits per heavy atom. The first-order valence-corrected chi connectivity index (χ1v) is 8.63. The normalized spacial score (nSPS) is 16.8. The smallest absolute Gasteiger partial charge is 0.410 e. The topological polar surface area (TPSA) is 63.4 Å². The molecule has 1 fully saturated rings. The minimum atomic E-state index is -0.520. The maximum atomic E-state index is 11.7. The number of quaternary nitrogens is 1. The molecule has 0 bridgehead atoms. The largest absolute Gasteiger partial charge is 0.490 e. The zero-order chi connectivity index (χ0) is 17.5. The van der Waals surface area contributed by atoms with E-state index in [0.717, 1.165) is 30.0 Å². The van der Waals surface area contributed by atoms with E-state index in [2.05, 4.69) is 0 Å². The number of aliphatic hydroxyl groups excluding tert-OH is 1. The number of amides is 1. The van der Waals surface area contributed by atoms with Gasteiger partial charge in [-0.3, -0.25) is 4.90 Å². The van der Waals surface area contributed by atoms with Crippen molar-refractivity contribution in [2.24, 2.45) is 0 Å².